The Labute approximate surface area is 154 Å². The van der Waals surface area contributed by atoms with E-state index >= 15 is 0 Å². The number of hydrogen-bond donors (Lipinski definition) is 4. The van der Waals surface area contributed by atoms with Crippen molar-refractivity contribution in [3.05, 3.63) is 0 Å². The largest absolute Gasteiger partial charge is 0.395 e. The van der Waals surface area contributed by atoms with E-state index in [0.717, 1.165) is 0 Å². The van der Waals surface area contributed by atoms with Gasteiger partial charge in [-0.2, -0.15) is 10.2 Å². The van der Waals surface area contributed by atoms with E-state index in [1.165, 1.54) is 9.80 Å². The first-order valence-corrected chi connectivity index (χ1v) is 8.77. The number of carbonyl (C=O) groups excluding carboxylic acids is 2. The van der Waals surface area contributed by atoms with Crippen LogP contribution in [0.15, 0.2) is 10.2 Å². The lowest BCUT2D eigenvalue weighted by Crippen LogP contribution is -2.40. The summed E-state index contributed by atoms with van der Waals surface area (Å²) in [5.41, 5.74) is 0. The molecule has 0 heterocycles. The van der Waals surface area contributed by atoms with Crippen LogP contribution in [-0.2, 0) is 9.59 Å². The summed E-state index contributed by atoms with van der Waals surface area (Å²) in [6, 6.07) is 0. The summed E-state index contributed by atoms with van der Waals surface area (Å²) >= 11 is 0. The third-order valence-corrected chi connectivity index (χ3v) is 3.76. The van der Waals surface area contributed by atoms with Gasteiger partial charge in [0.25, 0.3) is 0 Å². The summed E-state index contributed by atoms with van der Waals surface area (Å²) in [7, 11) is 0. The first kappa shape index (κ1) is 24.4. The van der Waals surface area contributed by atoms with E-state index in [1.54, 1.807) is 13.8 Å². The molecule has 0 radical (unpaired) electrons. The second-order valence-corrected chi connectivity index (χ2v) is 6.00. The van der Waals surface area contributed by atoms with Crippen LogP contribution in [0.25, 0.3) is 0 Å². The van der Waals surface area contributed by atoms with E-state index in [2.05, 4.69) is 10.2 Å². The minimum atomic E-state index is -0.455. The second-order valence-electron chi connectivity index (χ2n) is 6.00. The number of aliphatic hydroxyl groups excluding tert-OH is 4. The minimum Gasteiger partial charge on any atom is -0.395 e. The Kier molecular flexibility index (Phi) is 13.6. The molecule has 0 aromatic heterocycles. The van der Waals surface area contributed by atoms with Crippen molar-refractivity contribution in [2.24, 2.45) is 22.1 Å². The second kappa shape index (κ2) is 14.5. The van der Waals surface area contributed by atoms with Gasteiger partial charge < -0.3 is 30.2 Å². The van der Waals surface area contributed by atoms with E-state index in [-0.39, 0.29) is 77.5 Å². The Balaban J connectivity index is 4.46. The fourth-order valence-corrected chi connectivity index (χ4v) is 2.29. The number of hydrogen-bond acceptors (Lipinski definition) is 8. The van der Waals surface area contributed by atoms with Gasteiger partial charge in [0.2, 0.25) is 11.8 Å². The van der Waals surface area contributed by atoms with Gasteiger partial charge in [-0.05, 0) is 0 Å². The van der Waals surface area contributed by atoms with Crippen molar-refractivity contribution in [1.29, 1.82) is 0 Å². The average Bonchev–Trinajstić information content (AvgIpc) is 2.63. The van der Waals surface area contributed by atoms with Crippen LogP contribution < -0.4 is 0 Å². The van der Waals surface area contributed by atoms with Gasteiger partial charge in [0, 0.05) is 26.2 Å². The molecule has 0 aromatic rings. The quantitative estimate of drug-likeness (QED) is 0.267. The number of azo groups is 1. The topological polar surface area (TPSA) is 146 Å². The Morgan fingerprint density at radius 3 is 1.19 bits per heavy atom. The van der Waals surface area contributed by atoms with Gasteiger partial charge in [0.15, 0.2) is 0 Å². The molecule has 0 rings (SSSR count). The third-order valence-electron chi connectivity index (χ3n) is 3.76. The molecule has 2 unspecified atom stereocenters. The summed E-state index contributed by atoms with van der Waals surface area (Å²) in [5.74, 6) is -1.37. The SMILES string of the molecule is CC(CN=NCC(C)C(=O)N(CCO)CCO)C(=O)N(CCO)CCO. The van der Waals surface area contributed by atoms with Crippen LogP contribution in [0.5, 0.6) is 0 Å². The number of carbonyl (C=O) groups is 2. The van der Waals surface area contributed by atoms with Crippen LogP contribution in [0.1, 0.15) is 13.8 Å². The van der Waals surface area contributed by atoms with Crippen LogP contribution in [0.3, 0.4) is 0 Å². The first-order chi connectivity index (χ1) is 12.4. The molecule has 2 amide bonds. The fourth-order valence-electron chi connectivity index (χ4n) is 2.29. The number of aliphatic hydroxyl groups is 4. The molecule has 10 heteroatoms. The highest BCUT2D eigenvalue weighted by Gasteiger charge is 2.21. The van der Waals surface area contributed by atoms with Crippen molar-refractivity contribution in [3.8, 4) is 0 Å². The zero-order valence-corrected chi connectivity index (χ0v) is 15.6. The predicted molar refractivity (Wildman–Crippen MR) is 94.4 cm³/mol. The highest BCUT2D eigenvalue weighted by atomic mass is 16.3. The Morgan fingerprint density at radius 2 is 0.962 bits per heavy atom. The van der Waals surface area contributed by atoms with E-state index in [0.29, 0.717) is 0 Å². The average molecular weight is 376 g/mol. The molecule has 0 saturated heterocycles. The highest BCUT2D eigenvalue weighted by molar-refractivity contribution is 5.79. The fraction of sp³-hybridized carbons (Fsp3) is 0.875. The van der Waals surface area contributed by atoms with E-state index in [1.807, 2.05) is 0 Å². The number of nitrogens with zero attached hydrogens (tertiary/aromatic N) is 4. The van der Waals surface area contributed by atoms with Crippen molar-refractivity contribution in [3.63, 3.8) is 0 Å². The molecule has 0 aliphatic rings. The summed E-state index contributed by atoms with van der Waals surface area (Å²) in [5, 5.41) is 43.7. The lowest BCUT2D eigenvalue weighted by atomic mass is 10.1. The Bertz CT molecular complexity index is 385. The normalized spacial score (nSPS) is 13.6. The van der Waals surface area contributed by atoms with Crippen molar-refractivity contribution in [1.82, 2.24) is 9.80 Å². The number of rotatable bonds is 14. The van der Waals surface area contributed by atoms with Crippen LogP contribution >= 0.6 is 0 Å². The molecule has 4 N–H and O–H groups in total. The summed E-state index contributed by atoms with van der Waals surface area (Å²) in [4.78, 5) is 27.1. The summed E-state index contributed by atoms with van der Waals surface area (Å²) in [6.45, 7) is 3.52. The Hall–Kier alpha value is -1.62. The molecule has 152 valence electrons. The molecule has 10 nitrogen and oxygen atoms in total. The van der Waals surface area contributed by atoms with Crippen molar-refractivity contribution in [2.75, 3.05) is 65.7 Å². The molecule has 0 saturated carbocycles. The van der Waals surface area contributed by atoms with Crippen LogP contribution in [0.2, 0.25) is 0 Å². The zero-order chi connectivity index (χ0) is 19.9. The first-order valence-electron chi connectivity index (χ1n) is 8.77. The predicted octanol–water partition coefficient (Wildman–Crippen LogP) is -1.66. The van der Waals surface area contributed by atoms with Crippen molar-refractivity contribution < 1.29 is 30.0 Å². The van der Waals surface area contributed by atoms with Crippen LogP contribution in [0.4, 0.5) is 0 Å². The maximum Gasteiger partial charge on any atom is 0.227 e. The van der Waals surface area contributed by atoms with Gasteiger partial charge in [0.1, 0.15) is 0 Å². The standard InChI is InChI=1S/C16H32N4O6/c1-13(15(25)19(3-7-21)4-8-22)11-17-18-12-14(2)16(26)20(5-9-23)6-10-24/h13-14,21-24H,3-12H2,1-2H3. The Morgan fingerprint density at radius 1 is 0.692 bits per heavy atom. The molecule has 0 aliphatic carbocycles. The van der Waals surface area contributed by atoms with Gasteiger partial charge in [-0.1, -0.05) is 13.8 Å². The van der Waals surface area contributed by atoms with Crippen LogP contribution in [-0.4, -0.2) is 108 Å². The smallest absolute Gasteiger partial charge is 0.227 e. The van der Waals surface area contributed by atoms with Gasteiger partial charge >= 0.3 is 0 Å². The molecule has 0 fully saturated rings. The monoisotopic (exact) mass is 376 g/mol. The molecular weight excluding hydrogens is 344 g/mol. The molecule has 0 bridgehead atoms. The molecule has 26 heavy (non-hydrogen) atoms. The molecule has 0 spiro atoms. The van der Waals surface area contributed by atoms with Gasteiger partial charge in [-0.3, -0.25) is 9.59 Å². The summed E-state index contributed by atoms with van der Waals surface area (Å²) in [6.07, 6.45) is 0. The molecule has 0 aromatic carbocycles. The van der Waals surface area contributed by atoms with Gasteiger partial charge in [0.05, 0.1) is 51.4 Å². The minimum absolute atomic E-state index is 0.143. The van der Waals surface area contributed by atoms with E-state index < -0.39 is 11.8 Å². The molecular formula is C16H32N4O6. The number of amides is 2. The lowest BCUT2D eigenvalue weighted by molar-refractivity contribution is -0.136. The lowest BCUT2D eigenvalue weighted by Gasteiger charge is -2.24. The molecule has 0 aliphatic heterocycles. The van der Waals surface area contributed by atoms with E-state index in [9.17, 15) is 9.59 Å². The van der Waals surface area contributed by atoms with Crippen molar-refractivity contribution in [2.45, 2.75) is 13.8 Å². The van der Waals surface area contributed by atoms with Crippen LogP contribution in [0, 0.1) is 11.8 Å². The van der Waals surface area contributed by atoms with Gasteiger partial charge in [-0.25, -0.2) is 0 Å². The third kappa shape index (κ3) is 9.18. The maximum atomic E-state index is 12.2. The highest BCUT2D eigenvalue weighted by Crippen LogP contribution is 2.06. The summed E-state index contributed by atoms with van der Waals surface area (Å²) < 4.78 is 0. The maximum absolute atomic E-state index is 12.2. The van der Waals surface area contributed by atoms with E-state index in [4.69, 9.17) is 20.4 Å². The van der Waals surface area contributed by atoms with Crippen molar-refractivity contribution >= 4 is 11.8 Å². The molecule has 2 atom stereocenters. The van der Waals surface area contributed by atoms with Gasteiger partial charge in [-0.15, -0.1) is 0 Å². The zero-order valence-electron chi connectivity index (χ0n) is 15.6.